The highest BCUT2D eigenvalue weighted by atomic mass is 35.5. The van der Waals surface area contributed by atoms with Gasteiger partial charge in [0.05, 0.1) is 10.0 Å². The second-order valence-corrected chi connectivity index (χ2v) is 6.58. The fourth-order valence-electron chi connectivity index (χ4n) is 2.79. The third kappa shape index (κ3) is 4.01. The molecule has 1 aromatic carbocycles. The Balaban J connectivity index is 1.96. The Morgan fingerprint density at radius 2 is 1.74 bits per heavy atom. The minimum atomic E-state index is 0.492. The Morgan fingerprint density at radius 3 is 2.42 bits per heavy atom. The number of rotatable bonds is 4. The molecular weight excluding hydrogens is 301 g/mol. The smallest absolute Gasteiger partial charge is 0.0652 e. The van der Waals surface area contributed by atoms with E-state index in [-0.39, 0.29) is 0 Å². The van der Waals surface area contributed by atoms with Gasteiger partial charge >= 0.3 is 0 Å². The van der Waals surface area contributed by atoms with Crippen LogP contribution in [0.25, 0.3) is 0 Å². The van der Waals surface area contributed by atoms with Crippen LogP contribution in [0.15, 0.2) is 12.1 Å². The second kappa shape index (κ2) is 7.17. The summed E-state index contributed by atoms with van der Waals surface area (Å²) in [6.45, 7) is 2.93. The highest BCUT2D eigenvalue weighted by Gasteiger charge is 2.20. The molecular formula is C15H20Cl3N. The summed E-state index contributed by atoms with van der Waals surface area (Å²) >= 11 is 18.4. The van der Waals surface area contributed by atoms with Crippen LogP contribution in [0, 0.1) is 5.92 Å². The van der Waals surface area contributed by atoms with Crippen molar-refractivity contribution in [1.29, 1.82) is 0 Å². The normalized spacial score (nSPS) is 18.5. The van der Waals surface area contributed by atoms with Gasteiger partial charge in [-0.15, -0.1) is 0 Å². The van der Waals surface area contributed by atoms with E-state index in [1.54, 1.807) is 12.1 Å². The van der Waals surface area contributed by atoms with Gasteiger partial charge in [0.1, 0.15) is 0 Å². The summed E-state index contributed by atoms with van der Waals surface area (Å²) in [5.41, 5.74) is 0.901. The lowest BCUT2D eigenvalue weighted by molar-refractivity contribution is 0.280. The predicted molar refractivity (Wildman–Crippen MR) is 84.3 cm³/mol. The van der Waals surface area contributed by atoms with E-state index in [0.717, 1.165) is 11.5 Å². The van der Waals surface area contributed by atoms with Crippen molar-refractivity contribution in [1.82, 2.24) is 5.32 Å². The van der Waals surface area contributed by atoms with Gasteiger partial charge in [0, 0.05) is 23.2 Å². The van der Waals surface area contributed by atoms with Crippen molar-refractivity contribution in [2.75, 3.05) is 0 Å². The summed E-state index contributed by atoms with van der Waals surface area (Å²) in [4.78, 5) is 0. The number of hydrogen-bond acceptors (Lipinski definition) is 1. The lowest BCUT2D eigenvalue weighted by Gasteiger charge is -2.28. The zero-order valence-corrected chi connectivity index (χ0v) is 13.5. The van der Waals surface area contributed by atoms with Crippen LogP contribution in [0.2, 0.25) is 15.1 Å². The van der Waals surface area contributed by atoms with Gasteiger partial charge in [-0.25, -0.2) is 0 Å². The fourth-order valence-corrected chi connectivity index (χ4v) is 3.48. The Morgan fingerprint density at radius 1 is 1.11 bits per heavy atom. The first-order chi connectivity index (χ1) is 9.09. The maximum atomic E-state index is 6.21. The van der Waals surface area contributed by atoms with E-state index in [4.69, 9.17) is 34.8 Å². The van der Waals surface area contributed by atoms with Crippen molar-refractivity contribution in [2.45, 2.75) is 51.6 Å². The molecule has 1 N–H and O–H groups in total. The standard InChI is InChI=1S/C15H20Cl3N/c1-10(11-5-3-2-4-6-11)19-9-12-13(16)7-8-14(17)15(12)18/h7-8,10-11,19H,2-6,9H2,1H3. The molecule has 0 spiro atoms. The van der Waals surface area contributed by atoms with Crippen molar-refractivity contribution >= 4 is 34.8 Å². The summed E-state index contributed by atoms with van der Waals surface area (Å²) in [7, 11) is 0. The van der Waals surface area contributed by atoms with Crippen LogP contribution in [0.3, 0.4) is 0 Å². The Bertz CT molecular complexity index is 428. The highest BCUT2D eigenvalue weighted by molar-refractivity contribution is 6.44. The van der Waals surface area contributed by atoms with E-state index in [1.165, 1.54) is 32.1 Å². The molecule has 1 unspecified atom stereocenters. The summed E-state index contributed by atoms with van der Waals surface area (Å²) in [5.74, 6) is 0.769. The van der Waals surface area contributed by atoms with Crippen molar-refractivity contribution in [3.63, 3.8) is 0 Å². The predicted octanol–water partition coefficient (Wildman–Crippen LogP) is 5.71. The van der Waals surface area contributed by atoms with Gasteiger partial charge in [0.2, 0.25) is 0 Å². The first kappa shape index (κ1) is 15.4. The maximum absolute atomic E-state index is 6.21. The molecule has 0 bridgehead atoms. The van der Waals surface area contributed by atoms with Crippen LogP contribution in [-0.4, -0.2) is 6.04 Å². The molecule has 1 saturated carbocycles. The molecule has 19 heavy (non-hydrogen) atoms. The maximum Gasteiger partial charge on any atom is 0.0652 e. The Labute approximate surface area is 130 Å². The minimum Gasteiger partial charge on any atom is -0.310 e. The Hall–Kier alpha value is 0.0500. The molecule has 0 aromatic heterocycles. The molecule has 1 nitrogen and oxygen atoms in total. The highest BCUT2D eigenvalue weighted by Crippen LogP contribution is 2.32. The van der Waals surface area contributed by atoms with Crippen LogP contribution < -0.4 is 5.32 Å². The average Bonchev–Trinajstić information content (AvgIpc) is 2.44. The minimum absolute atomic E-state index is 0.492. The number of halogens is 3. The molecule has 1 atom stereocenters. The molecule has 1 aromatic rings. The van der Waals surface area contributed by atoms with Crippen LogP contribution in [0.5, 0.6) is 0 Å². The molecule has 0 amide bonds. The lowest BCUT2D eigenvalue weighted by Crippen LogP contribution is -2.34. The van der Waals surface area contributed by atoms with E-state index in [9.17, 15) is 0 Å². The molecule has 1 aliphatic carbocycles. The summed E-state index contributed by atoms with van der Waals surface area (Å²) in [5, 5.41) is 5.36. The first-order valence-corrected chi connectivity index (χ1v) is 8.08. The Kier molecular flexibility index (Phi) is 5.83. The topological polar surface area (TPSA) is 12.0 Å². The molecule has 4 heteroatoms. The number of nitrogens with one attached hydrogen (secondary N) is 1. The van der Waals surface area contributed by atoms with Gasteiger partial charge in [0.25, 0.3) is 0 Å². The lowest BCUT2D eigenvalue weighted by atomic mass is 9.84. The van der Waals surface area contributed by atoms with Crippen LogP contribution in [0.4, 0.5) is 0 Å². The molecule has 2 rings (SSSR count). The molecule has 0 radical (unpaired) electrons. The zero-order chi connectivity index (χ0) is 13.8. The van der Waals surface area contributed by atoms with E-state index in [2.05, 4.69) is 12.2 Å². The second-order valence-electron chi connectivity index (χ2n) is 5.39. The molecule has 1 aliphatic rings. The van der Waals surface area contributed by atoms with Crippen molar-refractivity contribution in [3.05, 3.63) is 32.8 Å². The van der Waals surface area contributed by atoms with E-state index in [1.807, 2.05) is 0 Å². The van der Waals surface area contributed by atoms with Crippen molar-refractivity contribution in [3.8, 4) is 0 Å². The van der Waals surface area contributed by atoms with Crippen LogP contribution >= 0.6 is 34.8 Å². The molecule has 106 valence electrons. The van der Waals surface area contributed by atoms with Crippen LogP contribution in [-0.2, 0) is 6.54 Å². The molecule has 1 fully saturated rings. The van der Waals surface area contributed by atoms with Gasteiger partial charge in [-0.2, -0.15) is 0 Å². The third-order valence-electron chi connectivity index (χ3n) is 4.10. The summed E-state index contributed by atoms with van der Waals surface area (Å²) < 4.78 is 0. The first-order valence-electron chi connectivity index (χ1n) is 6.95. The molecule has 0 saturated heterocycles. The van der Waals surface area contributed by atoms with E-state index in [0.29, 0.717) is 27.7 Å². The number of hydrogen-bond donors (Lipinski definition) is 1. The third-order valence-corrected chi connectivity index (χ3v) is 5.29. The van der Waals surface area contributed by atoms with Gasteiger partial charge in [-0.1, -0.05) is 54.1 Å². The quantitative estimate of drug-likeness (QED) is 0.701. The monoisotopic (exact) mass is 319 g/mol. The largest absolute Gasteiger partial charge is 0.310 e. The number of benzene rings is 1. The SMILES string of the molecule is CC(NCc1c(Cl)ccc(Cl)c1Cl)C1CCCCC1. The van der Waals surface area contributed by atoms with E-state index < -0.39 is 0 Å². The molecule has 0 heterocycles. The van der Waals surface area contributed by atoms with Gasteiger partial charge in [-0.3, -0.25) is 0 Å². The summed E-state index contributed by atoms with van der Waals surface area (Å²) in [6.07, 6.45) is 6.75. The fraction of sp³-hybridized carbons (Fsp3) is 0.600. The van der Waals surface area contributed by atoms with Crippen molar-refractivity contribution in [2.24, 2.45) is 5.92 Å². The van der Waals surface area contributed by atoms with Crippen molar-refractivity contribution < 1.29 is 0 Å². The van der Waals surface area contributed by atoms with E-state index >= 15 is 0 Å². The summed E-state index contributed by atoms with van der Waals surface area (Å²) in [6, 6.07) is 4.03. The van der Waals surface area contributed by atoms with Gasteiger partial charge < -0.3 is 5.32 Å². The molecule has 0 aliphatic heterocycles. The van der Waals surface area contributed by atoms with Crippen LogP contribution in [0.1, 0.15) is 44.6 Å². The average molecular weight is 321 g/mol. The van der Waals surface area contributed by atoms with Gasteiger partial charge in [0.15, 0.2) is 0 Å². The van der Waals surface area contributed by atoms with Gasteiger partial charge in [-0.05, 0) is 37.8 Å². The zero-order valence-electron chi connectivity index (χ0n) is 11.2.